The summed E-state index contributed by atoms with van der Waals surface area (Å²) >= 11 is 6.02. The Labute approximate surface area is 186 Å². The number of anilines is 1. The first-order valence-corrected chi connectivity index (χ1v) is 10.3. The van der Waals surface area contributed by atoms with Gasteiger partial charge in [0.2, 0.25) is 5.95 Å². The topological polar surface area (TPSA) is 107 Å². The maximum Gasteiger partial charge on any atom is 0.251 e. The zero-order valence-corrected chi connectivity index (χ0v) is 18.1. The average Bonchev–Trinajstić information content (AvgIpc) is 2.77. The number of aliphatic hydroxyl groups is 2. The van der Waals surface area contributed by atoms with E-state index in [1.165, 1.54) is 0 Å². The molecule has 0 radical (unpaired) electrons. The molecule has 7 nitrogen and oxygen atoms in total. The summed E-state index contributed by atoms with van der Waals surface area (Å²) in [5, 5.41) is 25.3. The van der Waals surface area contributed by atoms with Crippen LogP contribution in [0, 0.1) is 6.92 Å². The minimum atomic E-state index is -0.560. The van der Waals surface area contributed by atoms with Gasteiger partial charge in [-0.3, -0.25) is 4.79 Å². The van der Waals surface area contributed by atoms with Crippen molar-refractivity contribution >= 4 is 23.5 Å². The Morgan fingerprint density at radius 2 is 1.94 bits per heavy atom. The van der Waals surface area contributed by atoms with Crippen molar-refractivity contribution in [3.05, 3.63) is 76.4 Å². The van der Waals surface area contributed by atoms with Crippen LogP contribution in [0.5, 0.6) is 0 Å². The predicted molar refractivity (Wildman–Crippen MR) is 121 cm³/mol. The second-order valence-electron chi connectivity index (χ2n) is 7.29. The molecule has 2 unspecified atom stereocenters. The van der Waals surface area contributed by atoms with Gasteiger partial charge >= 0.3 is 0 Å². The van der Waals surface area contributed by atoms with Gasteiger partial charge in [-0.2, -0.15) is 0 Å². The molecule has 1 amide bonds. The number of nitrogens with one attached hydrogen (secondary N) is 2. The zero-order chi connectivity index (χ0) is 22.4. The van der Waals surface area contributed by atoms with E-state index >= 15 is 0 Å². The summed E-state index contributed by atoms with van der Waals surface area (Å²) in [6, 6.07) is 13.4. The molecular weight excluding hydrogens is 416 g/mol. The minimum Gasteiger partial charge on any atom is -0.394 e. The third-order valence-electron chi connectivity index (χ3n) is 4.81. The summed E-state index contributed by atoms with van der Waals surface area (Å²) in [6.45, 7) is 3.46. The number of hydrogen-bond donors (Lipinski definition) is 4. The highest BCUT2D eigenvalue weighted by atomic mass is 35.5. The molecule has 0 saturated carbocycles. The first-order chi connectivity index (χ1) is 14.9. The van der Waals surface area contributed by atoms with Gasteiger partial charge in [-0.15, -0.1) is 0 Å². The molecule has 0 fully saturated rings. The molecule has 2 aromatic carbocycles. The summed E-state index contributed by atoms with van der Waals surface area (Å²) < 4.78 is 0. The molecule has 1 heterocycles. The molecule has 8 heteroatoms. The van der Waals surface area contributed by atoms with Gasteiger partial charge in [0.15, 0.2) is 0 Å². The molecule has 4 N–H and O–H groups in total. The number of rotatable bonds is 8. The van der Waals surface area contributed by atoms with Crippen molar-refractivity contribution in [2.45, 2.75) is 25.9 Å². The maximum atomic E-state index is 12.8. The zero-order valence-electron chi connectivity index (χ0n) is 17.3. The predicted octanol–water partition coefficient (Wildman–Crippen LogP) is 3.36. The van der Waals surface area contributed by atoms with E-state index in [0.29, 0.717) is 22.2 Å². The average molecular weight is 441 g/mol. The van der Waals surface area contributed by atoms with E-state index in [0.717, 1.165) is 16.7 Å². The molecule has 2 atom stereocenters. The van der Waals surface area contributed by atoms with E-state index < -0.39 is 6.04 Å². The quantitative estimate of drug-likeness (QED) is 0.428. The van der Waals surface area contributed by atoms with Crippen LogP contribution in [0.4, 0.5) is 5.95 Å². The number of aryl methyl sites for hydroxylation is 1. The number of halogens is 1. The van der Waals surface area contributed by atoms with E-state index in [4.69, 9.17) is 11.6 Å². The fraction of sp³-hybridized carbons (Fsp3) is 0.261. The van der Waals surface area contributed by atoms with Gasteiger partial charge in [0.05, 0.1) is 24.9 Å². The smallest absolute Gasteiger partial charge is 0.251 e. The van der Waals surface area contributed by atoms with Crippen LogP contribution in [0.3, 0.4) is 0 Å². The van der Waals surface area contributed by atoms with Gasteiger partial charge < -0.3 is 20.8 Å². The fourth-order valence-electron chi connectivity index (χ4n) is 3.14. The lowest BCUT2D eigenvalue weighted by Gasteiger charge is -2.18. The summed E-state index contributed by atoms with van der Waals surface area (Å²) in [4.78, 5) is 21.4. The van der Waals surface area contributed by atoms with Gasteiger partial charge in [0.1, 0.15) is 0 Å². The third-order valence-corrected chi connectivity index (χ3v) is 5.04. The van der Waals surface area contributed by atoms with E-state index in [1.807, 2.05) is 19.9 Å². The summed E-state index contributed by atoms with van der Waals surface area (Å²) in [5.74, 6) is 0.128. The van der Waals surface area contributed by atoms with Crippen LogP contribution >= 0.6 is 11.6 Å². The molecule has 0 aliphatic rings. The van der Waals surface area contributed by atoms with Gasteiger partial charge in [0.25, 0.3) is 5.91 Å². The van der Waals surface area contributed by atoms with Crippen LogP contribution in [0.1, 0.15) is 34.5 Å². The fourth-order valence-corrected chi connectivity index (χ4v) is 3.33. The van der Waals surface area contributed by atoms with E-state index in [-0.39, 0.29) is 25.2 Å². The lowest BCUT2D eigenvalue weighted by molar-refractivity contribution is 0.0916. The summed E-state index contributed by atoms with van der Waals surface area (Å²) in [5.41, 5.74) is 3.65. The molecule has 0 aliphatic heterocycles. The molecule has 3 rings (SSSR count). The van der Waals surface area contributed by atoms with E-state index in [9.17, 15) is 15.0 Å². The second kappa shape index (κ2) is 10.3. The van der Waals surface area contributed by atoms with Crippen LogP contribution < -0.4 is 10.6 Å². The highest BCUT2D eigenvalue weighted by Gasteiger charge is 2.17. The van der Waals surface area contributed by atoms with Gasteiger partial charge in [-0.25, -0.2) is 9.97 Å². The van der Waals surface area contributed by atoms with Crippen molar-refractivity contribution in [3.8, 4) is 11.3 Å². The SMILES string of the molecule is Cc1cc(C(=O)NC(CO)c2cccc(Cl)c2)ccc1-c1ccnc(NC(C)CO)n1. The first-order valence-electron chi connectivity index (χ1n) is 9.90. The summed E-state index contributed by atoms with van der Waals surface area (Å²) in [7, 11) is 0. The van der Waals surface area contributed by atoms with Crippen LogP contribution in [-0.2, 0) is 0 Å². The van der Waals surface area contributed by atoms with E-state index in [1.54, 1.807) is 48.7 Å². The first kappa shape index (κ1) is 22.7. The molecule has 162 valence electrons. The Kier molecular flexibility index (Phi) is 7.57. The number of carbonyl (C=O) groups excluding carboxylic acids is 1. The van der Waals surface area contributed by atoms with Crippen molar-refractivity contribution in [1.82, 2.24) is 15.3 Å². The molecule has 31 heavy (non-hydrogen) atoms. The molecule has 0 aliphatic carbocycles. The van der Waals surface area contributed by atoms with Crippen molar-refractivity contribution in [1.29, 1.82) is 0 Å². The second-order valence-corrected chi connectivity index (χ2v) is 7.72. The molecule has 1 aromatic heterocycles. The van der Waals surface area contributed by atoms with Gasteiger partial charge in [-0.1, -0.05) is 29.8 Å². The van der Waals surface area contributed by atoms with Crippen molar-refractivity contribution in [2.75, 3.05) is 18.5 Å². The Balaban J connectivity index is 1.78. The number of benzene rings is 2. The van der Waals surface area contributed by atoms with Crippen LogP contribution in [0.2, 0.25) is 5.02 Å². The van der Waals surface area contributed by atoms with Gasteiger partial charge in [-0.05, 0) is 55.3 Å². The number of carbonyl (C=O) groups is 1. The Morgan fingerprint density at radius 3 is 2.61 bits per heavy atom. The minimum absolute atomic E-state index is 0.0273. The Hall–Kier alpha value is -3.00. The third kappa shape index (κ3) is 5.79. The van der Waals surface area contributed by atoms with Crippen LogP contribution in [-0.4, -0.2) is 45.3 Å². The Morgan fingerprint density at radius 1 is 1.13 bits per heavy atom. The highest BCUT2D eigenvalue weighted by molar-refractivity contribution is 6.30. The number of aromatic nitrogens is 2. The lowest BCUT2D eigenvalue weighted by atomic mass is 10.0. The van der Waals surface area contributed by atoms with Crippen molar-refractivity contribution in [2.24, 2.45) is 0 Å². The Bertz CT molecular complexity index is 1060. The van der Waals surface area contributed by atoms with Gasteiger partial charge in [0, 0.05) is 28.4 Å². The number of aliphatic hydroxyl groups excluding tert-OH is 2. The van der Waals surface area contributed by atoms with Crippen molar-refractivity contribution in [3.63, 3.8) is 0 Å². The maximum absolute atomic E-state index is 12.8. The molecule has 0 spiro atoms. The standard InChI is InChI=1S/C23H25ClN4O3/c1-14-10-17(22(31)27-21(13-30)16-4-3-5-18(24)11-16)6-7-19(14)20-8-9-25-23(28-20)26-15(2)12-29/h3-11,15,21,29-30H,12-13H2,1-2H3,(H,27,31)(H,25,26,28). The largest absolute Gasteiger partial charge is 0.394 e. The monoisotopic (exact) mass is 440 g/mol. The normalized spacial score (nSPS) is 12.8. The summed E-state index contributed by atoms with van der Waals surface area (Å²) in [6.07, 6.45) is 1.64. The molecule has 3 aromatic rings. The molecule has 0 bridgehead atoms. The number of hydrogen-bond acceptors (Lipinski definition) is 6. The van der Waals surface area contributed by atoms with Crippen molar-refractivity contribution < 1.29 is 15.0 Å². The molecular formula is C23H25ClN4O3. The van der Waals surface area contributed by atoms with E-state index in [2.05, 4.69) is 20.6 Å². The molecule has 0 saturated heterocycles. The van der Waals surface area contributed by atoms with Crippen LogP contribution in [0.25, 0.3) is 11.3 Å². The number of amides is 1. The highest BCUT2D eigenvalue weighted by Crippen LogP contribution is 2.24. The number of nitrogens with zero attached hydrogens (tertiary/aromatic N) is 2. The van der Waals surface area contributed by atoms with Crippen LogP contribution in [0.15, 0.2) is 54.7 Å². The lowest BCUT2D eigenvalue weighted by Crippen LogP contribution is -2.30.